The van der Waals surface area contributed by atoms with Gasteiger partial charge in [-0.25, -0.2) is 4.79 Å². The van der Waals surface area contributed by atoms with Crippen LogP contribution in [0.2, 0.25) is 5.02 Å². The van der Waals surface area contributed by atoms with E-state index < -0.39 is 18.5 Å². The van der Waals surface area contributed by atoms with Crippen molar-refractivity contribution in [3.05, 3.63) is 46.3 Å². The molecular weight excluding hydrogens is 296 g/mol. The number of aryl methyl sites for hydroxylation is 2. The molecule has 7 heteroatoms. The Bertz CT molecular complexity index is 662. The smallest absolute Gasteiger partial charge is 0.344 e. The van der Waals surface area contributed by atoms with Crippen molar-refractivity contribution in [3.63, 3.8) is 0 Å². The molecule has 1 aromatic carbocycles. The summed E-state index contributed by atoms with van der Waals surface area (Å²) in [6.45, 7) is 2.80. The lowest BCUT2D eigenvalue weighted by Crippen LogP contribution is -2.21. The van der Waals surface area contributed by atoms with Crippen LogP contribution in [0.1, 0.15) is 21.8 Å². The van der Waals surface area contributed by atoms with Gasteiger partial charge in [0.15, 0.2) is 6.61 Å². The molecule has 0 spiro atoms. The van der Waals surface area contributed by atoms with Crippen LogP contribution in [-0.2, 0) is 9.53 Å². The summed E-state index contributed by atoms with van der Waals surface area (Å²) in [5.74, 6) is -0.784. The van der Waals surface area contributed by atoms with Crippen LogP contribution in [-0.4, -0.2) is 23.6 Å². The number of anilines is 1. The summed E-state index contributed by atoms with van der Waals surface area (Å²) in [6, 6.07) is 6.77. The third kappa shape index (κ3) is 3.61. The Kier molecular flexibility index (Phi) is 4.59. The fourth-order valence-electron chi connectivity index (χ4n) is 1.73. The molecular formula is C14H13ClN2O4. The molecule has 0 fully saturated rings. The highest BCUT2D eigenvalue weighted by atomic mass is 35.5. The van der Waals surface area contributed by atoms with Gasteiger partial charge in [0.2, 0.25) is 0 Å². The van der Waals surface area contributed by atoms with Crippen molar-refractivity contribution in [2.75, 3.05) is 11.9 Å². The van der Waals surface area contributed by atoms with E-state index in [2.05, 4.69) is 10.5 Å². The highest BCUT2D eigenvalue weighted by Gasteiger charge is 2.20. The van der Waals surface area contributed by atoms with Gasteiger partial charge in [0.1, 0.15) is 11.3 Å². The van der Waals surface area contributed by atoms with Crippen molar-refractivity contribution in [3.8, 4) is 0 Å². The van der Waals surface area contributed by atoms with Crippen molar-refractivity contribution in [2.24, 2.45) is 0 Å². The summed E-state index contributed by atoms with van der Waals surface area (Å²) in [7, 11) is 0. The number of esters is 1. The molecule has 6 nitrogen and oxygen atoms in total. The third-order valence-electron chi connectivity index (χ3n) is 2.72. The topological polar surface area (TPSA) is 81.4 Å². The van der Waals surface area contributed by atoms with Gasteiger partial charge in [0.05, 0.1) is 16.4 Å². The first-order valence-electron chi connectivity index (χ1n) is 6.13. The molecule has 2 aromatic rings. The van der Waals surface area contributed by atoms with E-state index in [1.54, 1.807) is 38.1 Å². The Morgan fingerprint density at radius 3 is 2.67 bits per heavy atom. The number of amides is 1. The quantitative estimate of drug-likeness (QED) is 0.878. The first kappa shape index (κ1) is 15.1. The van der Waals surface area contributed by atoms with Crippen LogP contribution in [0.3, 0.4) is 0 Å². The van der Waals surface area contributed by atoms with Gasteiger partial charge in [-0.15, -0.1) is 0 Å². The number of halogens is 1. The number of ether oxygens (including phenoxy) is 1. The first-order chi connectivity index (χ1) is 9.99. The van der Waals surface area contributed by atoms with E-state index in [1.165, 1.54) is 0 Å². The fraction of sp³-hybridized carbons (Fsp3) is 0.214. The lowest BCUT2D eigenvalue weighted by Gasteiger charge is -2.07. The van der Waals surface area contributed by atoms with Gasteiger partial charge in [-0.2, -0.15) is 0 Å². The molecule has 0 unspecified atom stereocenters. The minimum atomic E-state index is -0.652. The highest BCUT2D eigenvalue weighted by molar-refractivity contribution is 6.33. The number of aromatic nitrogens is 1. The lowest BCUT2D eigenvalue weighted by molar-refractivity contribution is -0.119. The van der Waals surface area contributed by atoms with Crippen molar-refractivity contribution in [2.45, 2.75) is 13.8 Å². The maximum Gasteiger partial charge on any atom is 0.344 e. The Balaban J connectivity index is 1.93. The van der Waals surface area contributed by atoms with Gasteiger partial charge in [-0.3, -0.25) is 4.79 Å². The van der Waals surface area contributed by atoms with Crippen molar-refractivity contribution in [1.29, 1.82) is 0 Å². The summed E-state index contributed by atoms with van der Waals surface area (Å²) in [6.07, 6.45) is 0. The minimum absolute atomic E-state index is 0.237. The number of carbonyl (C=O) groups is 2. The molecule has 1 aromatic heterocycles. The van der Waals surface area contributed by atoms with E-state index in [4.69, 9.17) is 20.9 Å². The largest absolute Gasteiger partial charge is 0.452 e. The minimum Gasteiger partial charge on any atom is -0.452 e. The van der Waals surface area contributed by atoms with Crippen LogP contribution >= 0.6 is 11.6 Å². The molecule has 110 valence electrons. The van der Waals surface area contributed by atoms with Gasteiger partial charge >= 0.3 is 5.97 Å². The number of nitrogens with zero attached hydrogens (tertiary/aromatic N) is 1. The van der Waals surface area contributed by atoms with Crippen LogP contribution in [0.25, 0.3) is 0 Å². The monoisotopic (exact) mass is 308 g/mol. The summed E-state index contributed by atoms with van der Waals surface area (Å²) in [4.78, 5) is 23.6. The third-order valence-corrected chi connectivity index (χ3v) is 3.05. The second-order valence-electron chi connectivity index (χ2n) is 4.30. The van der Waals surface area contributed by atoms with Gasteiger partial charge in [-0.1, -0.05) is 28.9 Å². The zero-order chi connectivity index (χ0) is 15.4. The standard InChI is InChI=1S/C14H13ClN2O4/c1-8-13(9(2)21-17-8)14(19)20-7-12(18)16-11-6-4-3-5-10(11)15/h3-6H,7H2,1-2H3,(H,16,18). The summed E-state index contributed by atoms with van der Waals surface area (Å²) >= 11 is 5.91. The number of benzene rings is 1. The SMILES string of the molecule is Cc1noc(C)c1C(=O)OCC(=O)Nc1ccccc1Cl. The molecule has 0 saturated carbocycles. The van der Waals surface area contributed by atoms with Crippen LogP contribution in [0.15, 0.2) is 28.8 Å². The molecule has 0 saturated heterocycles. The Morgan fingerprint density at radius 2 is 2.05 bits per heavy atom. The van der Waals surface area contributed by atoms with E-state index >= 15 is 0 Å². The highest BCUT2D eigenvalue weighted by Crippen LogP contribution is 2.20. The zero-order valence-corrected chi connectivity index (χ0v) is 12.2. The molecule has 0 atom stereocenters. The second kappa shape index (κ2) is 6.41. The van der Waals surface area contributed by atoms with Gasteiger partial charge < -0.3 is 14.6 Å². The Labute approximate surface area is 126 Å². The molecule has 21 heavy (non-hydrogen) atoms. The Morgan fingerprint density at radius 1 is 1.33 bits per heavy atom. The van der Waals surface area contributed by atoms with Crippen molar-refractivity contribution >= 4 is 29.2 Å². The average molecular weight is 309 g/mol. The number of para-hydroxylation sites is 1. The Hall–Kier alpha value is -2.34. The molecule has 1 amide bonds. The molecule has 0 aliphatic heterocycles. The summed E-state index contributed by atoms with van der Waals surface area (Å²) in [5.41, 5.74) is 1.11. The molecule has 0 radical (unpaired) electrons. The maximum atomic E-state index is 11.8. The zero-order valence-electron chi connectivity index (χ0n) is 11.5. The summed E-state index contributed by atoms with van der Waals surface area (Å²) < 4.78 is 9.79. The predicted molar refractivity (Wildman–Crippen MR) is 76.3 cm³/mol. The molecule has 0 aliphatic rings. The van der Waals surface area contributed by atoms with E-state index in [0.717, 1.165) is 0 Å². The molecule has 1 heterocycles. The predicted octanol–water partition coefficient (Wildman–Crippen LogP) is 2.74. The van der Waals surface area contributed by atoms with Crippen molar-refractivity contribution < 1.29 is 18.8 Å². The van der Waals surface area contributed by atoms with E-state index in [0.29, 0.717) is 22.2 Å². The number of carbonyl (C=O) groups excluding carboxylic acids is 2. The van der Waals surface area contributed by atoms with Gasteiger partial charge in [0.25, 0.3) is 5.91 Å². The normalized spacial score (nSPS) is 10.2. The number of hydrogen-bond acceptors (Lipinski definition) is 5. The van der Waals surface area contributed by atoms with Crippen LogP contribution in [0, 0.1) is 13.8 Å². The van der Waals surface area contributed by atoms with E-state index in [1.807, 2.05) is 0 Å². The molecule has 0 aliphatic carbocycles. The lowest BCUT2D eigenvalue weighted by atomic mass is 10.2. The molecule has 2 rings (SSSR count). The van der Waals surface area contributed by atoms with Crippen LogP contribution in [0.5, 0.6) is 0 Å². The molecule has 0 bridgehead atoms. The van der Waals surface area contributed by atoms with E-state index in [9.17, 15) is 9.59 Å². The van der Waals surface area contributed by atoms with Crippen LogP contribution in [0.4, 0.5) is 5.69 Å². The number of rotatable bonds is 4. The molecule has 1 N–H and O–H groups in total. The average Bonchev–Trinajstić information content (AvgIpc) is 2.78. The maximum absolute atomic E-state index is 11.8. The van der Waals surface area contributed by atoms with E-state index in [-0.39, 0.29) is 5.56 Å². The first-order valence-corrected chi connectivity index (χ1v) is 6.51. The number of hydrogen-bond donors (Lipinski definition) is 1. The van der Waals surface area contributed by atoms with Crippen molar-refractivity contribution in [1.82, 2.24) is 5.16 Å². The fourth-order valence-corrected chi connectivity index (χ4v) is 1.91. The van der Waals surface area contributed by atoms with Crippen LogP contribution < -0.4 is 5.32 Å². The van der Waals surface area contributed by atoms with Gasteiger partial charge in [-0.05, 0) is 26.0 Å². The summed E-state index contributed by atoms with van der Waals surface area (Å²) in [5, 5.41) is 6.61. The second-order valence-corrected chi connectivity index (χ2v) is 4.71. The van der Waals surface area contributed by atoms with Gasteiger partial charge in [0, 0.05) is 0 Å². The number of nitrogens with one attached hydrogen (secondary N) is 1.